The highest BCUT2D eigenvalue weighted by molar-refractivity contribution is 5.02. The van der Waals surface area contributed by atoms with Gasteiger partial charge in [-0.05, 0) is 44.4 Å². The van der Waals surface area contributed by atoms with Crippen LogP contribution in [0.4, 0.5) is 0 Å². The summed E-state index contributed by atoms with van der Waals surface area (Å²) < 4.78 is 0. The van der Waals surface area contributed by atoms with Crippen molar-refractivity contribution in [3.05, 3.63) is 0 Å². The van der Waals surface area contributed by atoms with Gasteiger partial charge in [-0.2, -0.15) is 0 Å². The van der Waals surface area contributed by atoms with E-state index in [1.165, 1.54) is 44.9 Å². The zero-order chi connectivity index (χ0) is 8.66. The predicted molar refractivity (Wildman–Crippen MR) is 50.0 cm³/mol. The van der Waals surface area contributed by atoms with Crippen LogP contribution in [-0.2, 0) is 0 Å². The second kappa shape index (κ2) is 2.73. The molecule has 0 unspecified atom stereocenters. The topological polar surface area (TPSA) is 20.2 Å². The Balaban J connectivity index is 2.17. The molecule has 0 heterocycles. The molecule has 0 saturated heterocycles. The molecule has 0 aromatic heterocycles. The average molecular weight is 168 g/mol. The number of hydrogen-bond acceptors (Lipinski definition) is 1. The lowest BCUT2D eigenvalue weighted by Gasteiger charge is -2.43. The maximum atomic E-state index is 10.3. The highest BCUT2D eigenvalue weighted by Crippen LogP contribution is 2.54. The van der Waals surface area contributed by atoms with Gasteiger partial charge >= 0.3 is 0 Å². The molecule has 70 valence electrons. The van der Waals surface area contributed by atoms with E-state index in [0.717, 1.165) is 6.42 Å². The van der Waals surface area contributed by atoms with E-state index in [1.54, 1.807) is 0 Å². The molecule has 2 rings (SSSR count). The molecular weight excluding hydrogens is 148 g/mol. The number of hydrogen-bond donors (Lipinski definition) is 1. The van der Waals surface area contributed by atoms with Crippen molar-refractivity contribution in [3.63, 3.8) is 0 Å². The van der Waals surface area contributed by atoms with Gasteiger partial charge in [0.2, 0.25) is 0 Å². The van der Waals surface area contributed by atoms with Gasteiger partial charge in [0, 0.05) is 0 Å². The predicted octanol–water partition coefficient (Wildman–Crippen LogP) is 2.87. The first-order valence-electron chi connectivity index (χ1n) is 5.39. The molecule has 2 aliphatic rings. The summed E-state index contributed by atoms with van der Waals surface area (Å²) in [5.74, 6) is 0. The van der Waals surface area contributed by atoms with E-state index >= 15 is 0 Å². The lowest BCUT2D eigenvalue weighted by Crippen LogP contribution is -2.42. The summed E-state index contributed by atoms with van der Waals surface area (Å²) in [4.78, 5) is 0. The molecule has 0 aromatic carbocycles. The molecular formula is C11H20O. The Labute approximate surface area is 75.2 Å². The van der Waals surface area contributed by atoms with Crippen LogP contribution in [0.5, 0.6) is 0 Å². The smallest absolute Gasteiger partial charge is 0.0675 e. The Bertz CT molecular complexity index is 166. The van der Waals surface area contributed by atoms with Gasteiger partial charge in [-0.15, -0.1) is 0 Å². The fraction of sp³-hybridized carbons (Fsp3) is 1.00. The van der Waals surface area contributed by atoms with Crippen molar-refractivity contribution in [3.8, 4) is 0 Å². The second-order valence-electron chi connectivity index (χ2n) is 4.97. The standard InChI is InChI=1S/C11H20O/c1-10(12)6-5-9-11(10)7-3-2-4-8-11/h12H,2-9H2,1H3/t10-/m1/s1. The minimum absolute atomic E-state index is 0.325. The number of aliphatic hydroxyl groups is 1. The normalized spacial score (nSPS) is 40.5. The summed E-state index contributed by atoms with van der Waals surface area (Å²) in [6.45, 7) is 2.06. The van der Waals surface area contributed by atoms with Crippen LogP contribution in [-0.4, -0.2) is 10.7 Å². The first-order valence-corrected chi connectivity index (χ1v) is 5.39. The maximum absolute atomic E-state index is 10.3. The Morgan fingerprint density at radius 1 is 0.833 bits per heavy atom. The molecule has 0 radical (unpaired) electrons. The SMILES string of the molecule is C[C@@]1(O)CCCC12CCCCC2. The molecule has 0 aromatic rings. The van der Waals surface area contributed by atoms with Gasteiger partial charge in [-0.25, -0.2) is 0 Å². The van der Waals surface area contributed by atoms with Crippen LogP contribution in [0, 0.1) is 5.41 Å². The molecule has 0 aliphatic heterocycles. The van der Waals surface area contributed by atoms with Crippen molar-refractivity contribution < 1.29 is 5.11 Å². The summed E-state index contributed by atoms with van der Waals surface area (Å²) in [5.41, 5.74) is -0.0152. The van der Waals surface area contributed by atoms with Gasteiger partial charge in [0.1, 0.15) is 0 Å². The molecule has 1 atom stereocenters. The Morgan fingerprint density at radius 2 is 1.42 bits per heavy atom. The van der Waals surface area contributed by atoms with Crippen LogP contribution in [0.2, 0.25) is 0 Å². The van der Waals surface area contributed by atoms with Crippen molar-refractivity contribution in [1.29, 1.82) is 0 Å². The zero-order valence-electron chi connectivity index (χ0n) is 8.10. The van der Waals surface area contributed by atoms with Crippen LogP contribution >= 0.6 is 0 Å². The summed E-state index contributed by atoms with van der Waals surface area (Å²) in [5, 5.41) is 10.3. The van der Waals surface area contributed by atoms with E-state index in [-0.39, 0.29) is 5.60 Å². The van der Waals surface area contributed by atoms with Crippen LogP contribution in [0.15, 0.2) is 0 Å². The molecule has 1 spiro atoms. The van der Waals surface area contributed by atoms with Gasteiger partial charge < -0.3 is 5.11 Å². The fourth-order valence-corrected chi connectivity index (χ4v) is 3.32. The molecule has 12 heavy (non-hydrogen) atoms. The largest absolute Gasteiger partial charge is 0.390 e. The quantitative estimate of drug-likeness (QED) is 0.589. The Hall–Kier alpha value is -0.0400. The van der Waals surface area contributed by atoms with E-state index in [1.807, 2.05) is 0 Å². The third kappa shape index (κ3) is 1.10. The monoisotopic (exact) mass is 168 g/mol. The lowest BCUT2D eigenvalue weighted by atomic mass is 9.66. The molecule has 2 fully saturated rings. The minimum atomic E-state index is -0.340. The van der Waals surface area contributed by atoms with Crippen LogP contribution < -0.4 is 0 Å². The van der Waals surface area contributed by atoms with Crippen LogP contribution in [0.1, 0.15) is 58.3 Å². The third-order valence-corrected chi connectivity index (χ3v) is 4.27. The van der Waals surface area contributed by atoms with Crippen molar-refractivity contribution >= 4 is 0 Å². The fourth-order valence-electron chi connectivity index (χ4n) is 3.32. The lowest BCUT2D eigenvalue weighted by molar-refractivity contribution is -0.0655. The van der Waals surface area contributed by atoms with E-state index in [2.05, 4.69) is 6.92 Å². The van der Waals surface area contributed by atoms with Gasteiger partial charge in [-0.1, -0.05) is 19.3 Å². The first-order chi connectivity index (χ1) is 5.66. The van der Waals surface area contributed by atoms with Gasteiger partial charge in [0.05, 0.1) is 5.60 Å². The molecule has 2 aliphatic carbocycles. The van der Waals surface area contributed by atoms with E-state index < -0.39 is 0 Å². The van der Waals surface area contributed by atoms with Gasteiger partial charge in [0.25, 0.3) is 0 Å². The minimum Gasteiger partial charge on any atom is -0.390 e. The molecule has 1 nitrogen and oxygen atoms in total. The second-order valence-corrected chi connectivity index (χ2v) is 4.97. The highest BCUT2D eigenvalue weighted by atomic mass is 16.3. The first kappa shape index (κ1) is 8.55. The van der Waals surface area contributed by atoms with Crippen LogP contribution in [0.25, 0.3) is 0 Å². The summed E-state index contributed by atoms with van der Waals surface area (Å²) in [6, 6.07) is 0. The summed E-state index contributed by atoms with van der Waals surface area (Å²) in [7, 11) is 0. The maximum Gasteiger partial charge on any atom is 0.0675 e. The van der Waals surface area contributed by atoms with E-state index in [9.17, 15) is 5.11 Å². The summed E-state index contributed by atoms with van der Waals surface area (Å²) >= 11 is 0. The molecule has 2 saturated carbocycles. The average Bonchev–Trinajstić information content (AvgIpc) is 2.30. The van der Waals surface area contributed by atoms with Crippen molar-refractivity contribution in [1.82, 2.24) is 0 Å². The van der Waals surface area contributed by atoms with Gasteiger partial charge in [0.15, 0.2) is 0 Å². The third-order valence-electron chi connectivity index (χ3n) is 4.27. The van der Waals surface area contributed by atoms with E-state index in [4.69, 9.17) is 0 Å². The molecule has 0 amide bonds. The van der Waals surface area contributed by atoms with Crippen LogP contribution in [0.3, 0.4) is 0 Å². The Morgan fingerprint density at radius 3 is 1.92 bits per heavy atom. The molecule has 1 heteroatoms. The summed E-state index contributed by atoms with van der Waals surface area (Å²) in [6.07, 6.45) is 10.2. The Kier molecular flexibility index (Phi) is 1.95. The van der Waals surface area contributed by atoms with Gasteiger partial charge in [-0.3, -0.25) is 0 Å². The zero-order valence-corrected chi connectivity index (χ0v) is 8.10. The molecule has 1 N–H and O–H groups in total. The molecule has 0 bridgehead atoms. The number of rotatable bonds is 0. The van der Waals surface area contributed by atoms with E-state index in [0.29, 0.717) is 5.41 Å². The van der Waals surface area contributed by atoms with Crippen molar-refractivity contribution in [2.75, 3.05) is 0 Å². The van der Waals surface area contributed by atoms with Crippen molar-refractivity contribution in [2.24, 2.45) is 5.41 Å². The highest BCUT2D eigenvalue weighted by Gasteiger charge is 2.50. The van der Waals surface area contributed by atoms with Crippen molar-refractivity contribution in [2.45, 2.75) is 63.9 Å².